The van der Waals surface area contributed by atoms with Gasteiger partial charge in [0.2, 0.25) is 0 Å². The van der Waals surface area contributed by atoms with Crippen LogP contribution in [0.15, 0.2) is 18.3 Å². The van der Waals surface area contributed by atoms with E-state index < -0.39 is 16.9 Å². The van der Waals surface area contributed by atoms with Crippen LogP contribution in [-0.2, 0) is 9.53 Å². The molecule has 0 spiro atoms. The molecule has 8 nitrogen and oxygen atoms in total. The highest BCUT2D eigenvalue weighted by atomic mass is 16.6. The fourth-order valence-corrected chi connectivity index (χ4v) is 1.12. The van der Waals surface area contributed by atoms with E-state index in [-0.39, 0.29) is 12.4 Å². The molecule has 1 aromatic heterocycles. The maximum atomic E-state index is 10.8. The minimum absolute atomic E-state index is 0.0215. The second-order valence-electron chi connectivity index (χ2n) is 3.15. The zero-order valence-corrected chi connectivity index (χ0v) is 8.99. The minimum atomic E-state index is -1.08. The van der Waals surface area contributed by atoms with Gasteiger partial charge in [-0.25, -0.2) is 4.79 Å². The van der Waals surface area contributed by atoms with Gasteiger partial charge in [-0.2, -0.15) is 0 Å². The lowest BCUT2D eigenvalue weighted by Crippen LogP contribution is -2.33. The molecule has 1 unspecified atom stereocenters. The van der Waals surface area contributed by atoms with Crippen LogP contribution in [0.1, 0.15) is 0 Å². The quantitative estimate of drug-likeness (QED) is 0.550. The van der Waals surface area contributed by atoms with Crippen LogP contribution in [-0.4, -0.2) is 40.7 Å². The van der Waals surface area contributed by atoms with Crippen molar-refractivity contribution >= 4 is 17.5 Å². The Bertz CT molecular complexity index is 406. The average molecular weight is 241 g/mol. The Morgan fingerprint density at radius 3 is 2.82 bits per heavy atom. The van der Waals surface area contributed by atoms with Crippen molar-refractivity contribution in [3.05, 3.63) is 28.4 Å². The lowest BCUT2D eigenvalue weighted by molar-refractivity contribution is -0.389. The number of hydrogen-bond donors (Lipinski definition) is 2. The number of aromatic nitrogens is 1. The van der Waals surface area contributed by atoms with Crippen molar-refractivity contribution in [2.75, 3.05) is 19.0 Å². The van der Waals surface area contributed by atoms with E-state index in [2.05, 4.69) is 10.3 Å². The largest absolute Gasteiger partial charge is 0.480 e. The van der Waals surface area contributed by atoms with Crippen LogP contribution in [0.4, 0.5) is 11.5 Å². The van der Waals surface area contributed by atoms with Crippen LogP contribution < -0.4 is 5.32 Å². The van der Waals surface area contributed by atoms with Gasteiger partial charge in [0, 0.05) is 13.2 Å². The smallest absolute Gasteiger partial charge is 0.363 e. The molecule has 0 amide bonds. The Morgan fingerprint density at radius 1 is 1.71 bits per heavy atom. The minimum Gasteiger partial charge on any atom is -0.480 e. The first-order chi connectivity index (χ1) is 8.04. The number of pyridine rings is 1. The summed E-state index contributed by atoms with van der Waals surface area (Å²) in [6.07, 6.45) is 1.20. The van der Waals surface area contributed by atoms with Crippen LogP contribution in [0.3, 0.4) is 0 Å². The Hall–Kier alpha value is -2.22. The molecule has 92 valence electrons. The Kier molecular flexibility index (Phi) is 4.35. The lowest BCUT2D eigenvalue weighted by Gasteiger charge is -2.13. The molecule has 1 rings (SSSR count). The lowest BCUT2D eigenvalue weighted by atomic mass is 10.3. The van der Waals surface area contributed by atoms with E-state index in [1.807, 2.05) is 0 Å². The average Bonchev–Trinajstić information content (AvgIpc) is 2.29. The third kappa shape index (κ3) is 3.68. The number of methoxy groups -OCH3 is 1. The molecule has 1 aromatic rings. The summed E-state index contributed by atoms with van der Waals surface area (Å²) in [5.41, 5.74) is 0.375. The van der Waals surface area contributed by atoms with E-state index in [0.717, 1.165) is 0 Å². The summed E-state index contributed by atoms with van der Waals surface area (Å²) >= 11 is 0. The summed E-state index contributed by atoms with van der Waals surface area (Å²) < 4.78 is 4.73. The van der Waals surface area contributed by atoms with Crippen molar-refractivity contribution < 1.29 is 19.6 Å². The van der Waals surface area contributed by atoms with Gasteiger partial charge in [-0.3, -0.25) is 0 Å². The first-order valence-corrected chi connectivity index (χ1v) is 4.63. The molecule has 17 heavy (non-hydrogen) atoms. The number of carbonyl (C=O) groups is 1. The molecular formula is C9H11N3O5. The number of anilines is 1. The van der Waals surface area contributed by atoms with E-state index in [1.165, 1.54) is 25.4 Å². The molecule has 0 bridgehead atoms. The third-order valence-electron chi connectivity index (χ3n) is 1.91. The second kappa shape index (κ2) is 5.75. The van der Waals surface area contributed by atoms with Gasteiger partial charge in [0.15, 0.2) is 6.20 Å². The Labute approximate surface area is 96.4 Å². The molecule has 1 atom stereocenters. The van der Waals surface area contributed by atoms with E-state index in [0.29, 0.717) is 5.69 Å². The van der Waals surface area contributed by atoms with Crippen LogP contribution >= 0.6 is 0 Å². The van der Waals surface area contributed by atoms with E-state index in [4.69, 9.17) is 9.84 Å². The molecule has 0 radical (unpaired) electrons. The van der Waals surface area contributed by atoms with Crippen molar-refractivity contribution in [1.29, 1.82) is 0 Å². The summed E-state index contributed by atoms with van der Waals surface area (Å²) in [6, 6.07) is 1.65. The molecule has 0 saturated carbocycles. The van der Waals surface area contributed by atoms with Crippen LogP contribution in [0.2, 0.25) is 0 Å². The Morgan fingerprint density at radius 2 is 2.41 bits per heavy atom. The third-order valence-corrected chi connectivity index (χ3v) is 1.91. The molecule has 0 fully saturated rings. The standard InChI is InChI=1S/C9H11N3O5/c1-17-5-7(9(13)14)11-6-2-3-8(10-4-6)12(15)16/h2-4,7,11H,5H2,1H3,(H,13,14). The predicted molar refractivity (Wildman–Crippen MR) is 57.8 cm³/mol. The molecule has 0 aliphatic rings. The molecule has 1 heterocycles. The highest BCUT2D eigenvalue weighted by molar-refractivity contribution is 5.77. The normalized spacial score (nSPS) is 11.8. The zero-order chi connectivity index (χ0) is 12.8. The number of nitrogens with one attached hydrogen (secondary N) is 1. The molecule has 0 aliphatic heterocycles. The van der Waals surface area contributed by atoms with Crippen LogP contribution in [0.5, 0.6) is 0 Å². The number of nitro groups is 1. The summed E-state index contributed by atoms with van der Waals surface area (Å²) in [5.74, 6) is -1.38. The van der Waals surface area contributed by atoms with Crippen molar-refractivity contribution in [2.45, 2.75) is 6.04 Å². The van der Waals surface area contributed by atoms with Gasteiger partial charge in [0.1, 0.15) is 6.04 Å². The first kappa shape index (κ1) is 12.8. The van der Waals surface area contributed by atoms with Crippen molar-refractivity contribution in [2.24, 2.45) is 0 Å². The summed E-state index contributed by atoms with van der Waals surface area (Å²) in [4.78, 5) is 24.1. The molecule has 0 aromatic carbocycles. The van der Waals surface area contributed by atoms with Gasteiger partial charge >= 0.3 is 11.8 Å². The zero-order valence-electron chi connectivity index (χ0n) is 8.99. The summed E-state index contributed by atoms with van der Waals surface area (Å²) in [5, 5.41) is 21.8. The number of hydrogen-bond acceptors (Lipinski definition) is 6. The molecular weight excluding hydrogens is 230 g/mol. The summed E-state index contributed by atoms with van der Waals surface area (Å²) in [7, 11) is 1.38. The second-order valence-corrected chi connectivity index (χ2v) is 3.15. The monoisotopic (exact) mass is 241 g/mol. The van der Waals surface area contributed by atoms with Crippen LogP contribution in [0.25, 0.3) is 0 Å². The number of ether oxygens (including phenoxy) is 1. The summed E-state index contributed by atoms with van der Waals surface area (Å²) in [6.45, 7) is -0.0215. The molecule has 8 heteroatoms. The first-order valence-electron chi connectivity index (χ1n) is 4.63. The van der Waals surface area contributed by atoms with Gasteiger partial charge in [0.05, 0.1) is 12.3 Å². The van der Waals surface area contributed by atoms with Gasteiger partial charge in [-0.15, -0.1) is 0 Å². The Balaban J connectivity index is 2.73. The van der Waals surface area contributed by atoms with Crippen molar-refractivity contribution in [1.82, 2.24) is 4.98 Å². The highest BCUT2D eigenvalue weighted by Crippen LogP contribution is 2.12. The SMILES string of the molecule is COCC(Nc1ccc([N+](=O)[O-])nc1)C(=O)O. The van der Waals surface area contributed by atoms with Gasteiger partial charge in [-0.1, -0.05) is 0 Å². The predicted octanol–water partition coefficient (Wildman–Crippen LogP) is 0.501. The van der Waals surface area contributed by atoms with Crippen LogP contribution in [0, 0.1) is 10.1 Å². The van der Waals surface area contributed by atoms with Gasteiger partial charge in [0.25, 0.3) is 0 Å². The van der Waals surface area contributed by atoms with E-state index >= 15 is 0 Å². The number of nitrogens with zero attached hydrogens (tertiary/aromatic N) is 2. The van der Waals surface area contributed by atoms with Crippen molar-refractivity contribution in [3.63, 3.8) is 0 Å². The van der Waals surface area contributed by atoms with E-state index in [1.54, 1.807) is 0 Å². The number of carboxylic acids is 1. The molecule has 0 saturated heterocycles. The fourth-order valence-electron chi connectivity index (χ4n) is 1.12. The fraction of sp³-hybridized carbons (Fsp3) is 0.333. The number of aliphatic carboxylic acids is 1. The number of rotatable bonds is 6. The van der Waals surface area contributed by atoms with E-state index in [9.17, 15) is 14.9 Å². The van der Waals surface area contributed by atoms with Gasteiger partial charge in [-0.05, 0) is 16.0 Å². The topological polar surface area (TPSA) is 115 Å². The molecule has 2 N–H and O–H groups in total. The van der Waals surface area contributed by atoms with Crippen molar-refractivity contribution in [3.8, 4) is 0 Å². The maximum Gasteiger partial charge on any atom is 0.363 e. The highest BCUT2D eigenvalue weighted by Gasteiger charge is 2.17. The number of carboxylic acid groups (broad SMARTS) is 1. The molecule has 0 aliphatic carbocycles. The van der Waals surface area contributed by atoms with Gasteiger partial charge < -0.3 is 25.3 Å². The maximum absolute atomic E-state index is 10.8.